The van der Waals surface area contributed by atoms with Crippen molar-refractivity contribution in [3.05, 3.63) is 88.7 Å². The van der Waals surface area contributed by atoms with Gasteiger partial charge < -0.3 is 24.1 Å². The fraction of sp³-hybridized carbons (Fsp3) is 0.314. The zero-order chi connectivity index (χ0) is 33.6. The number of hydrogen-bond donors (Lipinski definition) is 1. The lowest BCUT2D eigenvalue weighted by Crippen LogP contribution is -2.29. The first-order valence-corrected chi connectivity index (χ1v) is 17.5. The van der Waals surface area contributed by atoms with Crippen LogP contribution in [0, 0.1) is 5.82 Å². The van der Waals surface area contributed by atoms with Crippen LogP contribution in [-0.2, 0) is 15.3 Å². The van der Waals surface area contributed by atoms with Crippen LogP contribution in [0.1, 0.15) is 55.8 Å². The van der Waals surface area contributed by atoms with E-state index in [2.05, 4.69) is 17.1 Å². The number of rotatable bonds is 13. The normalized spacial score (nSPS) is 16.7. The second-order valence-corrected chi connectivity index (χ2v) is 13.2. The lowest BCUT2D eigenvalue weighted by molar-refractivity contribution is -0.132. The third-order valence-electron chi connectivity index (χ3n) is 7.73. The summed E-state index contributed by atoms with van der Waals surface area (Å²) in [5.74, 6) is 0.00236. The molecular formula is C35H34FN3O7S2. The number of fused-ring (bicyclic) bond motifs is 1. The maximum absolute atomic E-state index is 13.8. The van der Waals surface area contributed by atoms with Crippen LogP contribution in [0.15, 0.2) is 70.6 Å². The van der Waals surface area contributed by atoms with Gasteiger partial charge in [-0.2, -0.15) is 0 Å². The second-order valence-electron chi connectivity index (χ2n) is 11.0. The third kappa shape index (κ3) is 7.12. The number of aromatic nitrogens is 2. The SMILES string of the molecule is CCCCCOc1ccc([C@H]2/C(=C(\O)c3ccc4c(c3)OCCO4)C(=O)C(=O)N2c2nnc(SCc3ccc(F)cc3)s2)cc1OCC. The minimum Gasteiger partial charge on any atom is -0.507 e. The highest BCUT2D eigenvalue weighted by molar-refractivity contribution is 8.00. The molecule has 2 aliphatic heterocycles. The summed E-state index contributed by atoms with van der Waals surface area (Å²) in [6.45, 7) is 5.58. The first-order chi connectivity index (χ1) is 23.4. The summed E-state index contributed by atoms with van der Waals surface area (Å²) in [4.78, 5) is 28.9. The predicted molar refractivity (Wildman–Crippen MR) is 181 cm³/mol. The number of Topliss-reactive ketones (excluding diaryl/α,β-unsaturated/α-hetero) is 1. The molecule has 1 aromatic heterocycles. The van der Waals surface area contributed by atoms with Crippen LogP contribution in [0.5, 0.6) is 23.0 Å². The van der Waals surface area contributed by atoms with E-state index in [1.54, 1.807) is 48.5 Å². The average Bonchev–Trinajstić information content (AvgIpc) is 3.68. The predicted octanol–water partition coefficient (Wildman–Crippen LogP) is 7.33. The Hall–Kier alpha value is -4.62. The van der Waals surface area contributed by atoms with E-state index < -0.39 is 17.7 Å². The van der Waals surface area contributed by atoms with Crippen molar-refractivity contribution in [1.29, 1.82) is 0 Å². The van der Waals surface area contributed by atoms with Gasteiger partial charge in [0.05, 0.1) is 24.8 Å². The number of nitrogens with zero attached hydrogens (tertiary/aromatic N) is 3. The van der Waals surface area contributed by atoms with Gasteiger partial charge in [-0.25, -0.2) is 4.39 Å². The molecule has 4 aromatic rings. The number of aliphatic hydroxyl groups is 1. The number of amides is 1. The number of ether oxygens (including phenoxy) is 4. The van der Waals surface area contributed by atoms with Gasteiger partial charge in [0.2, 0.25) is 5.13 Å². The van der Waals surface area contributed by atoms with E-state index in [1.807, 2.05) is 6.92 Å². The standard InChI is InChI=1S/C35H34FN3O7S2/c1-3-5-6-15-44-25-13-9-22(18-27(25)43-4-2)30-29(31(40)23-10-14-26-28(19-23)46-17-16-45-26)32(41)33(42)39(30)34-37-38-35(48-34)47-20-21-7-11-24(36)12-8-21/h7-14,18-19,30,40H,3-6,15-17,20H2,1-2H3/b31-29+/t30-/m0/s1. The number of hydrogen-bond acceptors (Lipinski definition) is 11. The van der Waals surface area contributed by atoms with Crippen LogP contribution in [0.3, 0.4) is 0 Å². The molecule has 0 bridgehead atoms. The molecule has 6 rings (SSSR count). The first kappa shape index (κ1) is 33.3. The van der Waals surface area contributed by atoms with E-state index in [1.165, 1.54) is 28.8 Å². The zero-order valence-electron chi connectivity index (χ0n) is 26.4. The van der Waals surface area contributed by atoms with Gasteiger partial charge in [-0.3, -0.25) is 14.5 Å². The molecule has 1 atom stereocenters. The first-order valence-electron chi connectivity index (χ1n) is 15.7. The Balaban J connectivity index is 1.40. The molecule has 13 heteroatoms. The summed E-state index contributed by atoms with van der Waals surface area (Å²) >= 11 is 2.51. The van der Waals surface area contributed by atoms with Gasteiger partial charge in [-0.15, -0.1) is 10.2 Å². The van der Waals surface area contributed by atoms with Crippen molar-refractivity contribution in [1.82, 2.24) is 10.2 Å². The van der Waals surface area contributed by atoms with Crippen molar-refractivity contribution in [3.63, 3.8) is 0 Å². The Bertz CT molecular complexity index is 1830. The van der Waals surface area contributed by atoms with E-state index in [0.717, 1.165) is 36.2 Å². The van der Waals surface area contributed by atoms with Crippen LogP contribution in [0.25, 0.3) is 5.76 Å². The average molecular weight is 692 g/mol. The van der Waals surface area contributed by atoms with Crippen LogP contribution in [-0.4, -0.2) is 53.4 Å². The Kier molecular flexibility index (Phi) is 10.5. The van der Waals surface area contributed by atoms with E-state index in [9.17, 15) is 19.1 Å². The van der Waals surface area contributed by atoms with Crippen molar-refractivity contribution in [3.8, 4) is 23.0 Å². The fourth-order valence-electron chi connectivity index (χ4n) is 5.39. The molecule has 2 aliphatic rings. The van der Waals surface area contributed by atoms with E-state index in [-0.39, 0.29) is 27.8 Å². The molecular weight excluding hydrogens is 658 g/mol. The molecule has 0 radical (unpaired) electrons. The number of unbranched alkanes of at least 4 members (excludes halogenated alkanes) is 2. The zero-order valence-corrected chi connectivity index (χ0v) is 28.1. The summed E-state index contributed by atoms with van der Waals surface area (Å²) in [6, 6.07) is 15.2. The monoisotopic (exact) mass is 691 g/mol. The van der Waals surface area contributed by atoms with Crippen molar-refractivity contribution in [2.75, 3.05) is 31.3 Å². The Labute approximate surface area is 285 Å². The van der Waals surface area contributed by atoms with Crippen molar-refractivity contribution < 1.29 is 38.0 Å². The molecule has 48 heavy (non-hydrogen) atoms. The van der Waals surface area contributed by atoms with Gasteiger partial charge in [0.15, 0.2) is 27.3 Å². The molecule has 250 valence electrons. The lowest BCUT2D eigenvalue weighted by atomic mass is 9.95. The van der Waals surface area contributed by atoms with E-state index >= 15 is 0 Å². The molecule has 1 N–H and O–H groups in total. The van der Waals surface area contributed by atoms with Crippen LogP contribution >= 0.6 is 23.1 Å². The molecule has 0 saturated carbocycles. The second kappa shape index (κ2) is 15.1. The van der Waals surface area contributed by atoms with Crippen LogP contribution < -0.4 is 23.8 Å². The molecule has 3 aromatic carbocycles. The summed E-state index contributed by atoms with van der Waals surface area (Å²) in [7, 11) is 0. The third-order valence-corrected chi connectivity index (χ3v) is 9.85. The maximum atomic E-state index is 13.8. The number of aliphatic hydroxyl groups excluding tert-OH is 1. The molecule has 1 amide bonds. The van der Waals surface area contributed by atoms with Crippen LogP contribution in [0.4, 0.5) is 9.52 Å². The van der Waals surface area contributed by atoms with Gasteiger partial charge in [0.25, 0.3) is 5.78 Å². The number of carbonyl (C=O) groups is 2. The number of thioether (sulfide) groups is 1. The highest BCUT2D eigenvalue weighted by Crippen LogP contribution is 2.46. The highest BCUT2D eigenvalue weighted by Gasteiger charge is 2.48. The minimum atomic E-state index is -1.06. The Morgan fingerprint density at radius 3 is 2.54 bits per heavy atom. The van der Waals surface area contributed by atoms with E-state index in [4.69, 9.17) is 18.9 Å². The minimum absolute atomic E-state index is 0.119. The molecule has 0 aliphatic carbocycles. The number of ketones is 1. The Morgan fingerprint density at radius 1 is 0.979 bits per heavy atom. The summed E-state index contributed by atoms with van der Waals surface area (Å²) < 4.78 is 37.2. The van der Waals surface area contributed by atoms with E-state index in [0.29, 0.717) is 65.1 Å². The molecule has 1 fully saturated rings. The summed E-state index contributed by atoms with van der Waals surface area (Å²) in [6.07, 6.45) is 2.97. The van der Waals surface area contributed by atoms with Gasteiger partial charge >= 0.3 is 5.91 Å². The van der Waals surface area contributed by atoms with Crippen molar-refractivity contribution >= 4 is 45.7 Å². The van der Waals surface area contributed by atoms with Gasteiger partial charge in [0, 0.05) is 11.3 Å². The smallest absolute Gasteiger partial charge is 0.301 e. The van der Waals surface area contributed by atoms with Crippen molar-refractivity contribution in [2.45, 2.75) is 49.2 Å². The van der Waals surface area contributed by atoms with Gasteiger partial charge in [-0.1, -0.05) is 61.1 Å². The fourth-order valence-corrected chi connectivity index (χ4v) is 7.22. The quantitative estimate of drug-likeness (QED) is 0.0381. The number of anilines is 1. The largest absolute Gasteiger partial charge is 0.507 e. The molecule has 0 unspecified atom stereocenters. The number of carbonyl (C=O) groups excluding carboxylic acids is 2. The van der Waals surface area contributed by atoms with Crippen molar-refractivity contribution in [2.24, 2.45) is 0 Å². The summed E-state index contributed by atoms with van der Waals surface area (Å²) in [5.41, 5.74) is 1.56. The van der Waals surface area contributed by atoms with Gasteiger partial charge in [-0.05, 0) is 66.9 Å². The maximum Gasteiger partial charge on any atom is 0.301 e. The molecule has 0 spiro atoms. The number of benzene rings is 3. The number of halogens is 1. The van der Waals surface area contributed by atoms with Gasteiger partial charge in [0.1, 0.15) is 24.8 Å². The molecule has 1 saturated heterocycles. The summed E-state index contributed by atoms with van der Waals surface area (Å²) in [5, 5.41) is 20.4. The Morgan fingerprint density at radius 2 is 1.77 bits per heavy atom. The molecule has 3 heterocycles. The van der Waals surface area contributed by atoms with Crippen LogP contribution in [0.2, 0.25) is 0 Å². The molecule has 10 nitrogen and oxygen atoms in total. The lowest BCUT2D eigenvalue weighted by Gasteiger charge is -2.24. The highest BCUT2D eigenvalue weighted by atomic mass is 32.2. The topological polar surface area (TPSA) is 120 Å².